The number of hydrogen-bond acceptors (Lipinski definition) is 4. The molecule has 5 nitrogen and oxygen atoms in total. The number of benzene rings is 1. The van der Waals surface area contributed by atoms with Crippen molar-refractivity contribution in [3.8, 4) is 0 Å². The molecule has 0 bridgehead atoms. The summed E-state index contributed by atoms with van der Waals surface area (Å²) < 4.78 is 0. The molecule has 0 amide bonds. The summed E-state index contributed by atoms with van der Waals surface area (Å²) in [5.41, 5.74) is 1.78. The van der Waals surface area contributed by atoms with Crippen LogP contribution < -0.4 is 0 Å². The highest BCUT2D eigenvalue weighted by atomic mass is 15.3. The number of nitrogens with zero attached hydrogens (tertiary/aromatic N) is 4. The van der Waals surface area contributed by atoms with E-state index in [1.165, 1.54) is 63.7 Å². The number of aromatic nitrogens is 3. The van der Waals surface area contributed by atoms with Crippen LogP contribution in [0.3, 0.4) is 0 Å². The fraction of sp³-hybridized carbons (Fsp3) is 0.652. The highest BCUT2D eigenvalue weighted by molar-refractivity contribution is 5.21. The second-order valence-corrected chi connectivity index (χ2v) is 9.77. The summed E-state index contributed by atoms with van der Waals surface area (Å²) in [4.78, 5) is 10.4. The summed E-state index contributed by atoms with van der Waals surface area (Å²) >= 11 is 0. The van der Waals surface area contributed by atoms with Gasteiger partial charge in [-0.3, -0.25) is 14.9 Å². The van der Waals surface area contributed by atoms with E-state index < -0.39 is 0 Å². The lowest BCUT2D eigenvalue weighted by atomic mass is 9.70. The van der Waals surface area contributed by atoms with E-state index in [-0.39, 0.29) is 0 Å². The number of likely N-dealkylation sites (tertiary alicyclic amines) is 2. The molecule has 4 fully saturated rings. The van der Waals surface area contributed by atoms with Crippen molar-refractivity contribution in [1.29, 1.82) is 0 Å². The Morgan fingerprint density at radius 1 is 1.00 bits per heavy atom. The molecule has 2 saturated heterocycles. The van der Waals surface area contributed by atoms with E-state index in [1.807, 2.05) is 0 Å². The van der Waals surface area contributed by atoms with Crippen molar-refractivity contribution in [3.63, 3.8) is 0 Å². The molecule has 2 saturated carbocycles. The van der Waals surface area contributed by atoms with Crippen LogP contribution >= 0.6 is 0 Å². The second-order valence-electron chi connectivity index (χ2n) is 9.77. The van der Waals surface area contributed by atoms with Gasteiger partial charge in [0.1, 0.15) is 5.82 Å². The van der Waals surface area contributed by atoms with E-state index in [1.54, 1.807) is 0 Å². The number of nitrogens with one attached hydrogen (secondary N) is 1. The van der Waals surface area contributed by atoms with Gasteiger partial charge in [0.15, 0.2) is 5.82 Å². The van der Waals surface area contributed by atoms with Gasteiger partial charge in [-0.1, -0.05) is 43.2 Å². The number of H-pyrrole nitrogens is 1. The molecule has 5 heteroatoms. The maximum absolute atomic E-state index is 4.98. The van der Waals surface area contributed by atoms with Crippen LogP contribution in [0.1, 0.15) is 67.6 Å². The molecule has 148 valence electrons. The first kappa shape index (κ1) is 17.2. The third kappa shape index (κ3) is 3.00. The first-order chi connectivity index (χ1) is 13.8. The molecule has 4 aliphatic rings. The molecule has 3 heterocycles. The average molecular weight is 378 g/mol. The quantitative estimate of drug-likeness (QED) is 0.866. The first-order valence-corrected chi connectivity index (χ1v) is 11.2. The van der Waals surface area contributed by atoms with Gasteiger partial charge in [0, 0.05) is 56.0 Å². The molecule has 2 aliphatic carbocycles. The molecule has 1 atom stereocenters. The minimum atomic E-state index is 0.359. The van der Waals surface area contributed by atoms with Crippen LogP contribution in [0.4, 0.5) is 0 Å². The Hall–Kier alpha value is -1.72. The molecule has 1 aromatic carbocycles. The van der Waals surface area contributed by atoms with E-state index in [4.69, 9.17) is 4.98 Å². The van der Waals surface area contributed by atoms with Gasteiger partial charge in [0.05, 0.1) is 0 Å². The Kier molecular flexibility index (Phi) is 4.09. The number of aromatic amines is 1. The summed E-state index contributed by atoms with van der Waals surface area (Å²) in [6, 6.07) is 11.8. The monoisotopic (exact) mass is 377 g/mol. The van der Waals surface area contributed by atoms with Crippen molar-refractivity contribution in [2.24, 2.45) is 5.41 Å². The first-order valence-electron chi connectivity index (χ1n) is 11.2. The van der Waals surface area contributed by atoms with Crippen LogP contribution in [0.2, 0.25) is 0 Å². The third-order valence-electron chi connectivity index (χ3n) is 7.64. The van der Waals surface area contributed by atoms with E-state index in [9.17, 15) is 0 Å². The Bertz CT molecular complexity index is 815. The minimum Gasteiger partial charge on any atom is -0.299 e. The molecule has 1 aromatic heterocycles. The fourth-order valence-corrected chi connectivity index (χ4v) is 5.99. The molecule has 1 unspecified atom stereocenters. The second kappa shape index (κ2) is 6.67. The van der Waals surface area contributed by atoms with Gasteiger partial charge in [-0.05, 0) is 31.2 Å². The van der Waals surface area contributed by atoms with Crippen molar-refractivity contribution in [3.05, 3.63) is 47.5 Å². The van der Waals surface area contributed by atoms with Crippen LogP contribution in [0.25, 0.3) is 0 Å². The predicted molar refractivity (Wildman–Crippen MR) is 109 cm³/mol. The number of rotatable bonds is 5. The van der Waals surface area contributed by atoms with E-state index in [0.717, 1.165) is 30.8 Å². The topological polar surface area (TPSA) is 48.1 Å². The van der Waals surface area contributed by atoms with Crippen LogP contribution in [0.15, 0.2) is 30.3 Å². The zero-order valence-corrected chi connectivity index (χ0v) is 16.7. The minimum absolute atomic E-state index is 0.359. The number of hydrogen-bond donors (Lipinski definition) is 1. The zero-order chi connectivity index (χ0) is 18.6. The summed E-state index contributed by atoms with van der Waals surface area (Å²) in [5.74, 6) is 3.34. The van der Waals surface area contributed by atoms with Crippen molar-refractivity contribution in [2.45, 2.75) is 62.9 Å². The lowest BCUT2D eigenvalue weighted by Gasteiger charge is -2.53. The van der Waals surface area contributed by atoms with Gasteiger partial charge in [-0.25, -0.2) is 4.98 Å². The van der Waals surface area contributed by atoms with Gasteiger partial charge < -0.3 is 0 Å². The van der Waals surface area contributed by atoms with Gasteiger partial charge in [-0.2, -0.15) is 5.10 Å². The molecule has 1 N–H and O–H groups in total. The van der Waals surface area contributed by atoms with Crippen molar-refractivity contribution >= 4 is 0 Å². The molecule has 0 radical (unpaired) electrons. The van der Waals surface area contributed by atoms with Crippen LogP contribution in [-0.2, 0) is 6.54 Å². The molecule has 2 aliphatic heterocycles. The summed E-state index contributed by atoms with van der Waals surface area (Å²) in [6.07, 6.45) is 8.19. The molecule has 28 heavy (non-hydrogen) atoms. The molecular weight excluding hydrogens is 346 g/mol. The lowest BCUT2D eigenvalue weighted by Crippen LogP contribution is -2.62. The Labute approximate surface area is 167 Å². The Balaban J connectivity index is 1.23. The van der Waals surface area contributed by atoms with Crippen molar-refractivity contribution in [1.82, 2.24) is 25.0 Å². The molecule has 2 aromatic rings. The standard InChI is InChI=1S/C23H31N5/c1-2-6-17(7-3-1)12-27-13-20(22-24-21(25-26-22)18-10-11-18)23(14-27)15-28(16-23)19-8-4-5-9-19/h1-3,6-7,18-20H,4-5,8-16H2,(H,24,25,26). The normalized spacial score (nSPS) is 28.2. The SMILES string of the molecule is c1ccc(CN2CC(c3nc(C4CC4)n[nH]3)C3(C2)CN(C2CCCC2)C3)cc1. The van der Waals surface area contributed by atoms with Gasteiger partial charge in [0.2, 0.25) is 0 Å². The maximum Gasteiger partial charge on any atom is 0.153 e. The average Bonchev–Trinajstić information content (AvgIpc) is 3.11. The summed E-state index contributed by atoms with van der Waals surface area (Å²) in [7, 11) is 0. The predicted octanol–water partition coefficient (Wildman–Crippen LogP) is 3.53. The van der Waals surface area contributed by atoms with Gasteiger partial charge in [-0.15, -0.1) is 0 Å². The van der Waals surface area contributed by atoms with Crippen LogP contribution in [0.5, 0.6) is 0 Å². The Morgan fingerprint density at radius 3 is 2.54 bits per heavy atom. The zero-order valence-electron chi connectivity index (χ0n) is 16.7. The fourth-order valence-electron chi connectivity index (χ4n) is 5.99. The van der Waals surface area contributed by atoms with Gasteiger partial charge >= 0.3 is 0 Å². The smallest absolute Gasteiger partial charge is 0.153 e. The lowest BCUT2D eigenvalue weighted by molar-refractivity contribution is -0.0338. The van der Waals surface area contributed by atoms with E-state index in [2.05, 4.69) is 50.3 Å². The van der Waals surface area contributed by atoms with Gasteiger partial charge in [0.25, 0.3) is 0 Å². The summed E-state index contributed by atoms with van der Waals surface area (Å²) in [6.45, 7) is 5.83. The van der Waals surface area contributed by atoms with Crippen molar-refractivity contribution < 1.29 is 0 Å². The van der Waals surface area contributed by atoms with E-state index >= 15 is 0 Å². The molecule has 1 spiro atoms. The largest absolute Gasteiger partial charge is 0.299 e. The molecule has 6 rings (SSSR count). The highest BCUT2D eigenvalue weighted by Crippen LogP contribution is 2.50. The maximum atomic E-state index is 4.98. The van der Waals surface area contributed by atoms with Crippen LogP contribution in [0, 0.1) is 5.41 Å². The molecular formula is C23H31N5. The van der Waals surface area contributed by atoms with Crippen molar-refractivity contribution in [2.75, 3.05) is 26.2 Å². The third-order valence-corrected chi connectivity index (χ3v) is 7.64. The Morgan fingerprint density at radius 2 is 1.79 bits per heavy atom. The van der Waals surface area contributed by atoms with Crippen LogP contribution in [-0.4, -0.2) is 57.2 Å². The van der Waals surface area contributed by atoms with E-state index in [0.29, 0.717) is 17.3 Å². The highest BCUT2D eigenvalue weighted by Gasteiger charge is 2.56. The summed E-state index contributed by atoms with van der Waals surface area (Å²) in [5, 5.41) is 7.94.